The lowest BCUT2D eigenvalue weighted by atomic mass is 9.99. The SMILES string of the molecule is Cc1ccccc1CC(NCC1=CCCOC1)c1ccco1. The predicted molar refractivity (Wildman–Crippen MR) is 87.9 cm³/mol. The number of hydrogen-bond donors (Lipinski definition) is 1. The van der Waals surface area contributed by atoms with Crippen LogP contribution in [0.2, 0.25) is 0 Å². The second-order valence-corrected chi connectivity index (χ2v) is 5.78. The van der Waals surface area contributed by atoms with Gasteiger partial charge in [0.15, 0.2) is 0 Å². The average Bonchev–Trinajstić information content (AvgIpc) is 3.08. The van der Waals surface area contributed by atoms with Crippen LogP contribution in [-0.2, 0) is 11.2 Å². The summed E-state index contributed by atoms with van der Waals surface area (Å²) >= 11 is 0. The summed E-state index contributed by atoms with van der Waals surface area (Å²) in [6.07, 6.45) is 5.96. The fraction of sp³-hybridized carbons (Fsp3) is 0.368. The quantitative estimate of drug-likeness (QED) is 0.823. The van der Waals surface area contributed by atoms with Crippen LogP contribution in [0.1, 0.15) is 29.3 Å². The first kappa shape index (κ1) is 15.1. The number of rotatable bonds is 6. The van der Waals surface area contributed by atoms with Gasteiger partial charge >= 0.3 is 0 Å². The molecule has 1 aliphatic rings. The molecule has 22 heavy (non-hydrogen) atoms. The Kier molecular flexibility index (Phi) is 5.09. The van der Waals surface area contributed by atoms with Gasteiger partial charge in [-0.15, -0.1) is 0 Å². The number of ether oxygens (including phenoxy) is 1. The summed E-state index contributed by atoms with van der Waals surface area (Å²) in [6.45, 7) is 4.58. The van der Waals surface area contributed by atoms with Gasteiger partial charge < -0.3 is 14.5 Å². The monoisotopic (exact) mass is 297 g/mol. The van der Waals surface area contributed by atoms with E-state index >= 15 is 0 Å². The van der Waals surface area contributed by atoms with E-state index in [-0.39, 0.29) is 6.04 Å². The van der Waals surface area contributed by atoms with Gasteiger partial charge in [-0.05, 0) is 48.6 Å². The molecule has 1 aromatic carbocycles. The van der Waals surface area contributed by atoms with E-state index in [1.165, 1.54) is 16.7 Å². The Hall–Kier alpha value is -1.84. The Morgan fingerprint density at radius 2 is 2.09 bits per heavy atom. The van der Waals surface area contributed by atoms with Crippen LogP contribution < -0.4 is 5.32 Å². The minimum atomic E-state index is 0.180. The van der Waals surface area contributed by atoms with Crippen molar-refractivity contribution in [3.05, 3.63) is 71.2 Å². The Morgan fingerprint density at radius 3 is 2.82 bits per heavy atom. The number of furan rings is 1. The Morgan fingerprint density at radius 1 is 1.18 bits per heavy atom. The van der Waals surface area contributed by atoms with Crippen molar-refractivity contribution in [3.8, 4) is 0 Å². The van der Waals surface area contributed by atoms with E-state index in [2.05, 4.69) is 42.6 Å². The van der Waals surface area contributed by atoms with Crippen LogP contribution in [0.25, 0.3) is 0 Å². The van der Waals surface area contributed by atoms with Crippen LogP contribution in [0.3, 0.4) is 0 Å². The fourth-order valence-electron chi connectivity index (χ4n) is 2.81. The number of aryl methyl sites for hydroxylation is 1. The molecule has 116 valence electrons. The molecule has 0 saturated carbocycles. The molecule has 0 radical (unpaired) electrons. The fourth-order valence-corrected chi connectivity index (χ4v) is 2.81. The van der Waals surface area contributed by atoms with Gasteiger partial charge in [0, 0.05) is 6.54 Å². The smallest absolute Gasteiger partial charge is 0.121 e. The topological polar surface area (TPSA) is 34.4 Å². The van der Waals surface area contributed by atoms with E-state index in [0.717, 1.165) is 38.4 Å². The van der Waals surface area contributed by atoms with Gasteiger partial charge in [-0.3, -0.25) is 0 Å². The second-order valence-electron chi connectivity index (χ2n) is 5.78. The van der Waals surface area contributed by atoms with E-state index in [1.54, 1.807) is 6.26 Å². The van der Waals surface area contributed by atoms with Crippen molar-refractivity contribution < 1.29 is 9.15 Å². The van der Waals surface area contributed by atoms with Gasteiger partial charge in [0.05, 0.1) is 25.5 Å². The summed E-state index contributed by atoms with van der Waals surface area (Å²) in [5, 5.41) is 3.63. The third-order valence-corrected chi connectivity index (χ3v) is 4.13. The second kappa shape index (κ2) is 7.43. The average molecular weight is 297 g/mol. The highest BCUT2D eigenvalue weighted by Gasteiger charge is 2.16. The molecule has 1 aromatic heterocycles. The summed E-state index contributed by atoms with van der Waals surface area (Å²) in [4.78, 5) is 0. The minimum absolute atomic E-state index is 0.180. The lowest BCUT2D eigenvalue weighted by Crippen LogP contribution is -2.27. The molecule has 3 nitrogen and oxygen atoms in total. The molecule has 0 saturated heterocycles. The van der Waals surface area contributed by atoms with E-state index < -0.39 is 0 Å². The molecule has 1 aliphatic heterocycles. The van der Waals surface area contributed by atoms with Crippen LogP contribution in [0.5, 0.6) is 0 Å². The van der Waals surface area contributed by atoms with Gasteiger partial charge in [-0.25, -0.2) is 0 Å². The normalized spacial score (nSPS) is 16.3. The molecular formula is C19H23NO2. The summed E-state index contributed by atoms with van der Waals surface area (Å²) in [5.74, 6) is 0.987. The van der Waals surface area contributed by atoms with Crippen molar-refractivity contribution in [1.29, 1.82) is 0 Å². The summed E-state index contributed by atoms with van der Waals surface area (Å²) in [6, 6.07) is 12.7. The molecular weight excluding hydrogens is 274 g/mol. The lowest BCUT2D eigenvalue weighted by molar-refractivity contribution is 0.148. The molecule has 1 atom stereocenters. The first-order chi connectivity index (χ1) is 10.8. The first-order valence-electron chi connectivity index (χ1n) is 7.90. The number of benzene rings is 1. The highest BCUT2D eigenvalue weighted by Crippen LogP contribution is 2.21. The molecule has 0 aliphatic carbocycles. The summed E-state index contributed by atoms with van der Waals surface area (Å²) in [5.41, 5.74) is 4.00. The van der Waals surface area contributed by atoms with E-state index in [0.29, 0.717) is 0 Å². The van der Waals surface area contributed by atoms with E-state index in [4.69, 9.17) is 9.15 Å². The molecule has 0 amide bonds. The predicted octanol–water partition coefficient (Wildman–Crippen LogP) is 3.81. The van der Waals surface area contributed by atoms with Crippen LogP contribution in [-0.4, -0.2) is 19.8 Å². The van der Waals surface area contributed by atoms with Gasteiger partial charge in [-0.2, -0.15) is 0 Å². The van der Waals surface area contributed by atoms with E-state index in [1.807, 2.05) is 12.1 Å². The Balaban J connectivity index is 1.70. The zero-order valence-electron chi connectivity index (χ0n) is 13.0. The maximum absolute atomic E-state index is 5.63. The van der Waals surface area contributed by atoms with Gasteiger partial charge in [0.1, 0.15) is 5.76 Å². The van der Waals surface area contributed by atoms with Crippen LogP contribution in [0.15, 0.2) is 58.7 Å². The first-order valence-corrected chi connectivity index (χ1v) is 7.90. The van der Waals surface area contributed by atoms with Crippen LogP contribution >= 0.6 is 0 Å². The third kappa shape index (κ3) is 3.87. The van der Waals surface area contributed by atoms with Crippen molar-refractivity contribution in [2.75, 3.05) is 19.8 Å². The zero-order valence-corrected chi connectivity index (χ0v) is 13.0. The molecule has 0 fully saturated rings. The molecule has 3 heteroatoms. The number of nitrogens with one attached hydrogen (secondary N) is 1. The Bertz CT molecular complexity index is 616. The molecule has 2 aromatic rings. The van der Waals surface area contributed by atoms with Crippen molar-refractivity contribution in [1.82, 2.24) is 5.32 Å². The Labute approximate surface area is 132 Å². The molecule has 0 bridgehead atoms. The highest BCUT2D eigenvalue weighted by molar-refractivity contribution is 5.27. The third-order valence-electron chi connectivity index (χ3n) is 4.13. The van der Waals surface area contributed by atoms with Crippen molar-refractivity contribution >= 4 is 0 Å². The summed E-state index contributed by atoms with van der Waals surface area (Å²) < 4.78 is 11.1. The lowest BCUT2D eigenvalue weighted by Gasteiger charge is -2.20. The van der Waals surface area contributed by atoms with Crippen molar-refractivity contribution in [3.63, 3.8) is 0 Å². The molecule has 3 rings (SSSR count). The van der Waals surface area contributed by atoms with Crippen LogP contribution in [0.4, 0.5) is 0 Å². The van der Waals surface area contributed by atoms with Crippen molar-refractivity contribution in [2.45, 2.75) is 25.8 Å². The van der Waals surface area contributed by atoms with Crippen molar-refractivity contribution in [2.24, 2.45) is 0 Å². The van der Waals surface area contributed by atoms with Gasteiger partial charge in [-0.1, -0.05) is 30.3 Å². The maximum Gasteiger partial charge on any atom is 0.121 e. The maximum atomic E-state index is 5.63. The molecule has 1 N–H and O–H groups in total. The largest absolute Gasteiger partial charge is 0.468 e. The van der Waals surface area contributed by atoms with Crippen LogP contribution in [0, 0.1) is 6.92 Å². The summed E-state index contributed by atoms with van der Waals surface area (Å²) in [7, 11) is 0. The standard InChI is InChI=1S/C19H23NO2/c1-15-6-2-3-8-17(15)12-18(19-9-5-11-22-19)20-13-16-7-4-10-21-14-16/h2-3,5-9,11,18,20H,4,10,12-14H2,1H3. The van der Waals surface area contributed by atoms with E-state index in [9.17, 15) is 0 Å². The molecule has 2 heterocycles. The molecule has 0 spiro atoms. The highest BCUT2D eigenvalue weighted by atomic mass is 16.5. The number of hydrogen-bond acceptors (Lipinski definition) is 3. The van der Waals surface area contributed by atoms with Gasteiger partial charge in [0.25, 0.3) is 0 Å². The zero-order chi connectivity index (χ0) is 15.2. The molecule has 1 unspecified atom stereocenters. The minimum Gasteiger partial charge on any atom is -0.468 e. The van der Waals surface area contributed by atoms with Gasteiger partial charge in [0.2, 0.25) is 0 Å².